The van der Waals surface area contributed by atoms with Crippen LogP contribution >= 0.6 is 50.7 Å². The second-order valence-corrected chi connectivity index (χ2v) is 22.5. The van der Waals surface area contributed by atoms with Gasteiger partial charge in [-0.15, -0.1) is 10.2 Å². The summed E-state index contributed by atoms with van der Waals surface area (Å²) in [7, 11) is 0. The molecule has 7 heterocycles. The smallest absolute Gasteiger partial charge is 0.325 e. The number of piperidine rings is 2. The fraction of sp³-hybridized carbons (Fsp3) is 0.393. The van der Waals surface area contributed by atoms with E-state index in [4.69, 9.17) is 49.0 Å². The van der Waals surface area contributed by atoms with Crippen LogP contribution in [0.3, 0.4) is 0 Å². The quantitative estimate of drug-likeness (QED) is 0.0786. The van der Waals surface area contributed by atoms with Gasteiger partial charge in [-0.05, 0) is 127 Å². The molecule has 2 saturated carbocycles. The molecular formula is C56H56BrCl3F5N15O3. The van der Waals surface area contributed by atoms with Crippen molar-refractivity contribution in [3.05, 3.63) is 147 Å². The molecule has 3 aromatic carbocycles. The molecular weight excluding hydrogens is 1210 g/mol. The van der Waals surface area contributed by atoms with Crippen molar-refractivity contribution in [1.29, 1.82) is 0 Å². The van der Waals surface area contributed by atoms with Gasteiger partial charge in [0.25, 0.3) is 12.9 Å². The number of aryl methyl sites for hydroxylation is 2. The predicted octanol–water partition coefficient (Wildman–Crippen LogP) is 13.5. The molecule has 436 valence electrons. The van der Waals surface area contributed by atoms with Gasteiger partial charge >= 0.3 is 18.0 Å². The van der Waals surface area contributed by atoms with Crippen LogP contribution in [-0.4, -0.2) is 103 Å². The van der Waals surface area contributed by atoms with Gasteiger partial charge in [0.05, 0.1) is 21.3 Å². The highest BCUT2D eigenvalue weighted by Gasteiger charge is 2.44. The zero-order valence-corrected chi connectivity index (χ0v) is 48.7. The maximum Gasteiger partial charge on any atom is 0.325 e. The summed E-state index contributed by atoms with van der Waals surface area (Å²) in [6.07, 6.45) is 5.75. The van der Waals surface area contributed by atoms with E-state index < -0.39 is 25.9 Å². The number of hydrogen-bond donors (Lipinski definition) is 0. The zero-order chi connectivity index (χ0) is 58.1. The number of para-hydroxylation sites is 3. The third-order valence-corrected chi connectivity index (χ3v) is 16.3. The molecule has 2 aliphatic carbocycles. The van der Waals surface area contributed by atoms with Crippen molar-refractivity contribution in [2.24, 2.45) is 35.5 Å². The first kappa shape index (κ1) is 59.2. The van der Waals surface area contributed by atoms with E-state index >= 15 is 0 Å². The Balaban J connectivity index is 0.000000145. The molecule has 0 amide bonds. The minimum Gasteiger partial charge on any atom is -0.423 e. The molecule has 4 fully saturated rings. The largest absolute Gasteiger partial charge is 0.423 e. The molecule has 4 aliphatic rings. The summed E-state index contributed by atoms with van der Waals surface area (Å²) < 4.78 is 84.5. The third-order valence-electron chi connectivity index (χ3n) is 15.0. The van der Waals surface area contributed by atoms with Crippen LogP contribution in [0.4, 0.5) is 33.6 Å². The number of anilines is 2. The average molecular weight is 1270 g/mol. The summed E-state index contributed by atoms with van der Waals surface area (Å²) in [5, 5.41) is 13.8. The summed E-state index contributed by atoms with van der Waals surface area (Å²) in [6, 6.07) is 24.9. The van der Waals surface area contributed by atoms with Gasteiger partial charge in [-0.2, -0.15) is 24.7 Å². The lowest BCUT2D eigenvalue weighted by Gasteiger charge is -2.38. The number of nitrogens with zero attached hydrogens (tertiary/aromatic N) is 15. The Morgan fingerprint density at radius 2 is 0.952 bits per heavy atom. The monoisotopic (exact) mass is 1270 g/mol. The number of benzene rings is 3. The molecule has 0 radical (unpaired) electrons. The Morgan fingerprint density at radius 3 is 1.37 bits per heavy atom. The normalized spacial score (nSPS) is 19.9. The van der Waals surface area contributed by atoms with Crippen molar-refractivity contribution < 1.29 is 36.2 Å². The summed E-state index contributed by atoms with van der Waals surface area (Å²) >= 11 is 21.3. The molecule has 27 heteroatoms. The molecule has 0 N–H and O–H groups in total. The Kier molecular flexibility index (Phi) is 19.3. The van der Waals surface area contributed by atoms with Crippen molar-refractivity contribution in [2.45, 2.75) is 78.3 Å². The van der Waals surface area contributed by atoms with E-state index in [9.17, 15) is 22.0 Å². The Labute approximate surface area is 498 Å². The second-order valence-electron chi connectivity index (χ2n) is 20.5. The van der Waals surface area contributed by atoms with Gasteiger partial charge < -0.3 is 24.0 Å². The van der Waals surface area contributed by atoms with Crippen LogP contribution in [0, 0.1) is 49.4 Å². The molecule has 8 aromatic rings. The van der Waals surface area contributed by atoms with Gasteiger partial charge in [0.2, 0.25) is 4.73 Å². The maximum atomic E-state index is 13.2. The number of aromatic nitrogens is 13. The summed E-state index contributed by atoms with van der Waals surface area (Å²) in [6.45, 7) is 6.54. The van der Waals surface area contributed by atoms with E-state index in [0.717, 1.165) is 77.8 Å². The third kappa shape index (κ3) is 15.0. The molecule has 4 bridgehead atoms. The van der Waals surface area contributed by atoms with Crippen molar-refractivity contribution >= 4 is 68.6 Å². The molecule has 4 unspecified atom stereocenters. The van der Waals surface area contributed by atoms with Crippen LogP contribution in [0.25, 0.3) is 6.20 Å². The summed E-state index contributed by atoms with van der Waals surface area (Å²) in [5.41, 5.74) is 1.93. The molecule has 83 heavy (non-hydrogen) atoms. The number of fused-ring (bicyclic) bond motifs is 4. The predicted molar refractivity (Wildman–Crippen MR) is 306 cm³/mol. The zero-order valence-electron chi connectivity index (χ0n) is 44.8. The van der Waals surface area contributed by atoms with Gasteiger partial charge in [0.1, 0.15) is 61.0 Å². The highest BCUT2D eigenvalue weighted by molar-refractivity contribution is 9.10. The minimum atomic E-state index is -2.57. The van der Waals surface area contributed by atoms with E-state index in [1.807, 2.05) is 38.1 Å². The highest BCUT2D eigenvalue weighted by atomic mass is 79.9. The summed E-state index contributed by atoms with van der Waals surface area (Å²) in [5.74, 6) is 7.22. The van der Waals surface area contributed by atoms with Gasteiger partial charge in [0.15, 0.2) is 11.6 Å². The number of alkyl halides is 4. The number of halogens is 9. The molecule has 12 rings (SSSR count). The van der Waals surface area contributed by atoms with Crippen LogP contribution < -0.4 is 24.0 Å². The van der Waals surface area contributed by atoms with Gasteiger partial charge in [-0.25, -0.2) is 51.3 Å². The molecule has 2 aliphatic heterocycles. The molecule has 18 nitrogen and oxygen atoms in total. The van der Waals surface area contributed by atoms with Gasteiger partial charge in [-0.3, -0.25) is 0 Å². The molecule has 0 spiro atoms. The van der Waals surface area contributed by atoms with E-state index in [1.165, 1.54) is 23.7 Å². The first-order valence-electron chi connectivity index (χ1n) is 26.8. The van der Waals surface area contributed by atoms with Crippen molar-refractivity contribution in [1.82, 2.24) is 64.2 Å². The standard InChI is InChI=1S/C23H25ClF2N6O.C23H24ClFN6O.C10H7BrClF2N3O/c1-14-8-22(28-13-27-14)31-10-15-6-7-16(11-31)17(15)9-21-29-23(32(30-21)12-20(25)26)33-19-5-3-2-4-18(19)24;1-15-10-22(27-14-26-15)30-12-16-6-7-17(13-30)18(16)11-21-28-23(31(29-21)9-8-25)32-20-5-3-2-4-19(20)24;11-9-15-10(17(16-9)5-8(13)14)18-7-4-2-1-3-6(7)12/h2-5,8,13,15-17,20H,6-7,9-12H2,1H3;2-5,8-10,14,16-18H,6-7,11-13H2,1H3;1-4,8H,5H2. The van der Waals surface area contributed by atoms with Gasteiger partial charge in [0, 0.05) is 62.5 Å². The highest BCUT2D eigenvalue weighted by Crippen LogP contribution is 2.46. The number of hydrogen-bond acceptors (Lipinski definition) is 15. The van der Waals surface area contributed by atoms with Crippen LogP contribution in [-0.2, 0) is 25.9 Å². The van der Waals surface area contributed by atoms with Crippen LogP contribution in [0.5, 0.6) is 35.3 Å². The molecule has 4 atom stereocenters. The Hall–Kier alpha value is -7.02. The minimum absolute atomic E-state index is 0.0413. The molecule has 5 aromatic heterocycles. The van der Waals surface area contributed by atoms with Crippen LogP contribution in [0.2, 0.25) is 15.1 Å². The van der Waals surface area contributed by atoms with Crippen molar-refractivity contribution in [3.63, 3.8) is 0 Å². The fourth-order valence-electron chi connectivity index (χ4n) is 11.3. The summed E-state index contributed by atoms with van der Waals surface area (Å²) in [4.78, 5) is 34.9. The lowest BCUT2D eigenvalue weighted by atomic mass is 9.82. The number of rotatable bonds is 17. The van der Waals surface area contributed by atoms with E-state index in [0.29, 0.717) is 92.2 Å². The Morgan fingerprint density at radius 1 is 0.554 bits per heavy atom. The van der Waals surface area contributed by atoms with E-state index in [1.54, 1.807) is 73.3 Å². The average Bonchev–Trinajstić information content (AvgIpc) is 3.61. The SMILES string of the molecule is Cc1cc(N2CC3CCC(C2)C3Cc2nc(Oc3ccccc3Cl)n(C=CF)n2)ncn1.Cc1cc(N2CC3CCC(C2)C3Cc2nc(Oc3ccccc3Cl)n(CC(F)F)n2)ncn1.FC(F)Cn1nc(Br)nc1Oc1ccccc1Cl. The first-order chi connectivity index (χ1) is 40.1. The van der Waals surface area contributed by atoms with Crippen LogP contribution in [0.1, 0.15) is 48.7 Å². The van der Waals surface area contributed by atoms with E-state index in [2.05, 4.69) is 75.9 Å². The fourth-order valence-corrected chi connectivity index (χ4v) is 12.2. The second kappa shape index (κ2) is 27.1. The lowest BCUT2D eigenvalue weighted by Crippen LogP contribution is -2.43. The van der Waals surface area contributed by atoms with E-state index in [-0.39, 0.29) is 22.8 Å². The van der Waals surface area contributed by atoms with Crippen molar-refractivity contribution in [2.75, 3.05) is 36.0 Å². The maximum absolute atomic E-state index is 13.2. The van der Waals surface area contributed by atoms with Crippen molar-refractivity contribution in [3.8, 4) is 35.3 Å². The molecule has 2 saturated heterocycles. The first-order valence-corrected chi connectivity index (χ1v) is 28.7. The lowest BCUT2D eigenvalue weighted by molar-refractivity contribution is 0.117. The Bertz CT molecular complexity index is 3480. The topological polar surface area (TPSA) is 178 Å². The van der Waals surface area contributed by atoms with Crippen LogP contribution in [0.15, 0.2) is 109 Å². The number of ether oxygens (including phenoxy) is 3. The van der Waals surface area contributed by atoms with Gasteiger partial charge in [-0.1, -0.05) is 71.2 Å².